The van der Waals surface area contributed by atoms with Crippen LogP contribution in [-0.2, 0) is 11.2 Å². The van der Waals surface area contributed by atoms with Crippen molar-refractivity contribution in [2.24, 2.45) is 0 Å². The van der Waals surface area contributed by atoms with Crippen LogP contribution in [0.3, 0.4) is 0 Å². The zero-order valence-corrected chi connectivity index (χ0v) is 11.0. The van der Waals surface area contributed by atoms with Gasteiger partial charge in [-0.1, -0.05) is 29.3 Å². The molecule has 2 nitrogen and oxygen atoms in total. The SMILES string of the molecule is O=C(CCc1ccc(Cl)c(Cl)c1)CNC1CC1. The predicted octanol–water partition coefficient (Wildman–Crippen LogP) is 3.25. The van der Waals surface area contributed by atoms with Gasteiger partial charge in [0.05, 0.1) is 16.6 Å². The number of carbonyl (C=O) groups excluding carboxylic acids is 1. The van der Waals surface area contributed by atoms with E-state index in [4.69, 9.17) is 23.2 Å². The lowest BCUT2D eigenvalue weighted by atomic mass is 10.1. The highest BCUT2D eigenvalue weighted by Crippen LogP contribution is 2.23. The fourth-order valence-electron chi connectivity index (χ4n) is 1.61. The molecule has 0 bridgehead atoms. The molecule has 92 valence electrons. The van der Waals surface area contributed by atoms with E-state index in [0.29, 0.717) is 29.1 Å². The fourth-order valence-corrected chi connectivity index (χ4v) is 1.93. The molecule has 1 aliphatic rings. The van der Waals surface area contributed by atoms with Crippen LogP contribution in [-0.4, -0.2) is 18.4 Å². The Balaban J connectivity index is 1.75. The first-order valence-corrected chi connectivity index (χ1v) is 6.60. The van der Waals surface area contributed by atoms with E-state index in [1.165, 1.54) is 12.8 Å². The van der Waals surface area contributed by atoms with Crippen LogP contribution in [0.15, 0.2) is 18.2 Å². The van der Waals surface area contributed by atoms with Crippen molar-refractivity contribution in [2.45, 2.75) is 31.7 Å². The minimum atomic E-state index is 0.253. The lowest BCUT2D eigenvalue weighted by molar-refractivity contribution is -0.118. The van der Waals surface area contributed by atoms with Crippen LogP contribution in [0.1, 0.15) is 24.8 Å². The quantitative estimate of drug-likeness (QED) is 0.861. The van der Waals surface area contributed by atoms with Crippen LogP contribution in [0.25, 0.3) is 0 Å². The number of aryl methyl sites for hydroxylation is 1. The van der Waals surface area contributed by atoms with E-state index in [0.717, 1.165) is 12.0 Å². The van der Waals surface area contributed by atoms with Gasteiger partial charge < -0.3 is 5.32 Å². The maximum Gasteiger partial charge on any atom is 0.146 e. The van der Waals surface area contributed by atoms with Gasteiger partial charge in [0.25, 0.3) is 0 Å². The summed E-state index contributed by atoms with van der Waals surface area (Å²) in [6, 6.07) is 6.09. The number of carbonyl (C=O) groups is 1. The number of rotatable bonds is 6. The molecule has 1 N–H and O–H groups in total. The predicted molar refractivity (Wildman–Crippen MR) is 70.8 cm³/mol. The molecule has 1 aliphatic carbocycles. The largest absolute Gasteiger partial charge is 0.307 e. The number of Topliss-reactive ketones (excluding diaryl/α,β-unsaturated/α-hetero) is 1. The van der Waals surface area contributed by atoms with Crippen molar-refractivity contribution in [3.05, 3.63) is 33.8 Å². The molecule has 1 fully saturated rings. The van der Waals surface area contributed by atoms with Crippen LogP contribution < -0.4 is 5.32 Å². The van der Waals surface area contributed by atoms with Crippen molar-refractivity contribution < 1.29 is 4.79 Å². The lowest BCUT2D eigenvalue weighted by Gasteiger charge is -2.04. The van der Waals surface area contributed by atoms with E-state index >= 15 is 0 Å². The van der Waals surface area contributed by atoms with Crippen LogP contribution in [0.5, 0.6) is 0 Å². The van der Waals surface area contributed by atoms with E-state index in [2.05, 4.69) is 5.32 Å². The maximum atomic E-state index is 11.6. The molecule has 0 saturated heterocycles. The van der Waals surface area contributed by atoms with Crippen molar-refractivity contribution in [1.29, 1.82) is 0 Å². The first-order chi connectivity index (χ1) is 8.15. The summed E-state index contributed by atoms with van der Waals surface area (Å²) >= 11 is 11.7. The standard InChI is InChI=1S/C13H15Cl2NO/c14-12-6-2-9(7-13(12)15)1-5-11(17)8-16-10-3-4-10/h2,6-7,10,16H,1,3-5,8H2. The molecule has 1 aromatic rings. The molecule has 2 rings (SSSR count). The second-order valence-electron chi connectivity index (χ2n) is 4.44. The Morgan fingerprint density at radius 3 is 2.71 bits per heavy atom. The Labute approximate surface area is 111 Å². The zero-order chi connectivity index (χ0) is 12.3. The van der Waals surface area contributed by atoms with Crippen molar-refractivity contribution in [1.82, 2.24) is 5.32 Å². The van der Waals surface area contributed by atoms with Gasteiger partial charge in [0.2, 0.25) is 0 Å². The third-order valence-electron chi connectivity index (χ3n) is 2.84. The number of benzene rings is 1. The second-order valence-corrected chi connectivity index (χ2v) is 5.26. The van der Waals surface area contributed by atoms with Crippen LogP contribution in [0.2, 0.25) is 10.0 Å². The Morgan fingerprint density at radius 1 is 1.29 bits per heavy atom. The maximum absolute atomic E-state index is 11.6. The van der Waals surface area contributed by atoms with Gasteiger partial charge in [0.1, 0.15) is 5.78 Å². The molecule has 4 heteroatoms. The molecule has 1 aromatic carbocycles. The Hall–Kier alpha value is -0.570. The Bertz CT molecular complexity index is 416. The molecule has 17 heavy (non-hydrogen) atoms. The molecule has 0 atom stereocenters. The number of halogens is 2. The van der Waals surface area contributed by atoms with Gasteiger partial charge in [-0.2, -0.15) is 0 Å². The fraction of sp³-hybridized carbons (Fsp3) is 0.462. The van der Waals surface area contributed by atoms with E-state index < -0.39 is 0 Å². The highest BCUT2D eigenvalue weighted by molar-refractivity contribution is 6.42. The summed E-state index contributed by atoms with van der Waals surface area (Å²) in [4.78, 5) is 11.6. The van der Waals surface area contributed by atoms with Crippen LogP contribution in [0.4, 0.5) is 0 Å². The number of hydrogen-bond donors (Lipinski definition) is 1. The Kier molecular flexibility index (Phi) is 4.43. The molecule has 0 amide bonds. The number of hydrogen-bond acceptors (Lipinski definition) is 2. The molecule has 1 saturated carbocycles. The number of nitrogens with one attached hydrogen (secondary N) is 1. The molecule has 0 radical (unpaired) electrons. The van der Waals surface area contributed by atoms with Crippen molar-refractivity contribution >= 4 is 29.0 Å². The highest BCUT2D eigenvalue weighted by Gasteiger charge is 2.20. The second kappa shape index (κ2) is 5.85. The summed E-state index contributed by atoms with van der Waals surface area (Å²) in [5, 5.41) is 4.32. The van der Waals surface area contributed by atoms with E-state index in [-0.39, 0.29) is 5.78 Å². The molecular formula is C13H15Cl2NO. The minimum Gasteiger partial charge on any atom is -0.307 e. The summed E-state index contributed by atoms with van der Waals surface area (Å²) < 4.78 is 0. The van der Waals surface area contributed by atoms with Crippen molar-refractivity contribution in [2.75, 3.05) is 6.54 Å². The third kappa shape index (κ3) is 4.30. The van der Waals surface area contributed by atoms with E-state index in [9.17, 15) is 4.79 Å². The Morgan fingerprint density at radius 2 is 2.06 bits per heavy atom. The molecule has 0 unspecified atom stereocenters. The normalized spacial score (nSPS) is 14.9. The molecule has 0 aliphatic heterocycles. The van der Waals surface area contributed by atoms with Crippen molar-refractivity contribution in [3.8, 4) is 0 Å². The summed E-state index contributed by atoms with van der Waals surface area (Å²) in [5.41, 5.74) is 1.05. The summed E-state index contributed by atoms with van der Waals surface area (Å²) in [7, 11) is 0. The van der Waals surface area contributed by atoms with Gasteiger partial charge >= 0.3 is 0 Å². The third-order valence-corrected chi connectivity index (χ3v) is 3.58. The van der Waals surface area contributed by atoms with Crippen molar-refractivity contribution in [3.63, 3.8) is 0 Å². The monoisotopic (exact) mass is 271 g/mol. The molecule has 0 heterocycles. The first kappa shape index (κ1) is 12.9. The summed E-state index contributed by atoms with van der Waals surface area (Å²) in [6.45, 7) is 0.492. The van der Waals surface area contributed by atoms with Gasteiger partial charge in [-0.3, -0.25) is 4.79 Å². The zero-order valence-electron chi connectivity index (χ0n) is 9.51. The van der Waals surface area contributed by atoms with Gasteiger partial charge in [-0.25, -0.2) is 0 Å². The average molecular weight is 272 g/mol. The van der Waals surface area contributed by atoms with Crippen LogP contribution in [0, 0.1) is 0 Å². The van der Waals surface area contributed by atoms with Gasteiger partial charge in [0, 0.05) is 12.5 Å². The van der Waals surface area contributed by atoms with Gasteiger partial charge in [-0.05, 0) is 37.0 Å². The lowest BCUT2D eigenvalue weighted by Crippen LogP contribution is -2.24. The molecule has 0 spiro atoms. The van der Waals surface area contributed by atoms with E-state index in [1.54, 1.807) is 6.07 Å². The summed E-state index contributed by atoms with van der Waals surface area (Å²) in [5.74, 6) is 0.253. The highest BCUT2D eigenvalue weighted by atomic mass is 35.5. The first-order valence-electron chi connectivity index (χ1n) is 5.84. The minimum absolute atomic E-state index is 0.253. The molecular weight excluding hydrogens is 257 g/mol. The average Bonchev–Trinajstić information content (AvgIpc) is 3.12. The van der Waals surface area contributed by atoms with E-state index in [1.807, 2.05) is 12.1 Å². The molecule has 0 aromatic heterocycles. The topological polar surface area (TPSA) is 29.1 Å². The van der Waals surface area contributed by atoms with Crippen LogP contribution >= 0.6 is 23.2 Å². The van der Waals surface area contributed by atoms with Gasteiger partial charge in [0.15, 0.2) is 0 Å². The van der Waals surface area contributed by atoms with Gasteiger partial charge in [-0.15, -0.1) is 0 Å². The summed E-state index contributed by atoms with van der Waals surface area (Å²) in [6.07, 6.45) is 3.69. The smallest absolute Gasteiger partial charge is 0.146 e. The number of ketones is 1.